The number of hydrogen-bond acceptors (Lipinski definition) is 6. The summed E-state index contributed by atoms with van der Waals surface area (Å²) >= 11 is 1.32. The summed E-state index contributed by atoms with van der Waals surface area (Å²) in [4.78, 5) is 25.5. The van der Waals surface area contributed by atoms with Crippen molar-refractivity contribution in [1.29, 1.82) is 5.26 Å². The van der Waals surface area contributed by atoms with Gasteiger partial charge in [0.25, 0.3) is 5.91 Å². The fourth-order valence-electron chi connectivity index (χ4n) is 1.45. The van der Waals surface area contributed by atoms with Gasteiger partial charge in [-0.2, -0.15) is 5.26 Å². The van der Waals surface area contributed by atoms with Gasteiger partial charge in [0, 0.05) is 18.5 Å². The van der Waals surface area contributed by atoms with Crippen molar-refractivity contribution >= 4 is 23.6 Å². The fraction of sp³-hybridized carbons (Fsp3) is 0.400. The standard InChI is InChI=1S/C15H18N2O4S/c1-17(9-3-8-16)14(18)10-21-15(19)11-22-13-6-4-12(20-2)5-7-13/h4-7H,3,9-11H2,1-2H3. The van der Waals surface area contributed by atoms with Gasteiger partial charge in [0.2, 0.25) is 0 Å². The second kappa shape index (κ2) is 9.68. The number of carbonyl (C=O) groups excluding carboxylic acids is 2. The Balaban J connectivity index is 2.28. The van der Waals surface area contributed by atoms with E-state index in [0.717, 1.165) is 10.6 Å². The summed E-state index contributed by atoms with van der Waals surface area (Å²) in [6.07, 6.45) is 0.253. The SMILES string of the molecule is COc1ccc(SCC(=O)OCC(=O)N(C)CCC#N)cc1. The largest absolute Gasteiger partial charge is 0.497 e. The molecule has 0 radical (unpaired) electrons. The number of carbonyl (C=O) groups is 2. The lowest BCUT2D eigenvalue weighted by atomic mass is 10.3. The van der Waals surface area contributed by atoms with Crippen molar-refractivity contribution in [3.63, 3.8) is 0 Å². The highest BCUT2D eigenvalue weighted by Crippen LogP contribution is 2.21. The van der Waals surface area contributed by atoms with E-state index < -0.39 is 5.97 Å². The molecule has 0 atom stereocenters. The van der Waals surface area contributed by atoms with E-state index in [1.54, 1.807) is 26.3 Å². The summed E-state index contributed by atoms with van der Waals surface area (Å²) < 4.78 is 9.96. The van der Waals surface area contributed by atoms with E-state index in [0.29, 0.717) is 6.54 Å². The zero-order chi connectivity index (χ0) is 16.4. The van der Waals surface area contributed by atoms with Crippen LogP contribution < -0.4 is 4.74 Å². The number of nitriles is 1. The van der Waals surface area contributed by atoms with Gasteiger partial charge in [-0.25, -0.2) is 0 Å². The number of thioether (sulfide) groups is 1. The Morgan fingerprint density at radius 3 is 2.59 bits per heavy atom. The van der Waals surface area contributed by atoms with Crippen molar-refractivity contribution < 1.29 is 19.1 Å². The number of nitrogens with zero attached hydrogens (tertiary/aromatic N) is 2. The monoisotopic (exact) mass is 322 g/mol. The Morgan fingerprint density at radius 1 is 1.32 bits per heavy atom. The van der Waals surface area contributed by atoms with Gasteiger partial charge >= 0.3 is 5.97 Å². The maximum atomic E-state index is 11.6. The molecule has 0 bridgehead atoms. The van der Waals surface area contributed by atoms with Gasteiger partial charge in [-0.05, 0) is 24.3 Å². The van der Waals surface area contributed by atoms with Crippen molar-refractivity contribution in [2.45, 2.75) is 11.3 Å². The van der Waals surface area contributed by atoms with Crippen LogP contribution in [0.5, 0.6) is 5.75 Å². The number of hydrogen-bond donors (Lipinski definition) is 0. The van der Waals surface area contributed by atoms with E-state index in [-0.39, 0.29) is 24.7 Å². The molecule has 0 saturated heterocycles. The van der Waals surface area contributed by atoms with Gasteiger partial charge in [0.1, 0.15) is 5.75 Å². The van der Waals surface area contributed by atoms with Crippen LogP contribution in [0.2, 0.25) is 0 Å². The summed E-state index contributed by atoms with van der Waals surface area (Å²) in [5, 5.41) is 8.44. The summed E-state index contributed by atoms with van der Waals surface area (Å²) in [7, 11) is 3.16. The lowest BCUT2D eigenvalue weighted by Gasteiger charge is -2.15. The molecule has 22 heavy (non-hydrogen) atoms. The zero-order valence-electron chi connectivity index (χ0n) is 12.6. The van der Waals surface area contributed by atoms with Crippen LogP contribution in [0.1, 0.15) is 6.42 Å². The average molecular weight is 322 g/mol. The minimum Gasteiger partial charge on any atom is -0.497 e. The average Bonchev–Trinajstić information content (AvgIpc) is 2.55. The first-order chi connectivity index (χ1) is 10.6. The summed E-state index contributed by atoms with van der Waals surface area (Å²) in [6.45, 7) is 0.0252. The van der Waals surface area contributed by atoms with E-state index in [9.17, 15) is 9.59 Å². The predicted molar refractivity (Wildman–Crippen MR) is 82.5 cm³/mol. The third kappa shape index (κ3) is 6.50. The molecule has 0 aliphatic rings. The van der Waals surface area contributed by atoms with Gasteiger partial charge in [-0.1, -0.05) is 0 Å². The Kier molecular flexibility index (Phi) is 7.86. The third-order valence-electron chi connectivity index (χ3n) is 2.76. The number of likely N-dealkylation sites (N-methyl/N-ethyl adjacent to an activating group) is 1. The molecule has 0 heterocycles. The predicted octanol–water partition coefficient (Wildman–Crippen LogP) is 1.70. The second-order valence-electron chi connectivity index (χ2n) is 4.35. The summed E-state index contributed by atoms with van der Waals surface area (Å²) in [6, 6.07) is 9.25. The molecule has 0 aromatic heterocycles. The second-order valence-corrected chi connectivity index (χ2v) is 5.40. The van der Waals surface area contributed by atoms with Gasteiger partial charge < -0.3 is 14.4 Å². The highest BCUT2D eigenvalue weighted by molar-refractivity contribution is 8.00. The minimum atomic E-state index is -0.456. The summed E-state index contributed by atoms with van der Waals surface area (Å²) in [5.41, 5.74) is 0. The molecule has 1 rings (SSSR count). The number of esters is 1. The molecule has 0 spiro atoms. The highest BCUT2D eigenvalue weighted by atomic mass is 32.2. The van der Waals surface area contributed by atoms with Gasteiger partial charge in [-0.15, -0.1) is 11.8 Å². The molecule has 0 aliphatic heterocycles. The Labute approximate surface area is 134 Å². The molecule has 1 amide bonds. The Hall–Kier alpha value is -2.20. The molecular formula is C15H18N2O4S. The van der Waals surface area contributed by atoms with Crippen LogP contribution in [0.4, 0.5) is 0 Å². The van der Waals surface area contributed by atoms with Crippen LogP contribution in [-0.4, -0.2) is 49.8 Å². The molecule has 1 aromatic carbocycles. The maximum Gasteiger partial charge on any atom is 0.316 e. The maximum absolute atomic E-state index is 11.6. The van der Waals surface area contributed by atoms with Crippen molar-refractivity contribution in [2.75, 3.05) is 33.1 Å². The molecule has 0 N–H and O–H groups in total. The van der Waals surface area contributed by atoms with E-state index in [1.807, 2.05) is 18.2 Å². The van der Waals surface area contributed by atoms with Crippen LogP contribution in [0.25, 0.3) is 0 Å². The molecular weight excluding hydrogens is 304 g/mol. The van der Waals surface area contributed by atoms with Crippen molar-refractivity contribution in [3.8, 4) is 11.8 Å². The molecule has 0 unspecified atom stereocenters. The van der Waals surface area contributed by atoms with Crippen molar-refractivity contribution in [1.82, 2.24) is 4.90 Å². The molecule has 1 aromatic rings. The van der Waals surface area contributed by atoms with Gasteiger partial charge in [0.15, 0.2) is 6.61 Å². The molecule has 118 valence electrons. The van der Waals surface area contributed by atoms with E-state index >= 15 is 0 Å². The molecule has 0 aliphatic carbocycles. The topological polar surface area (TPSA) is 79.6 Å². The lowest BCUT2D eigenvalue weighted by Crippen LogP contribution is -2.32. The van der Waals surface area contributed by atoms with Crippen LogP contribution in [0.15, 0.2) is 29.2 Å². The number of benzene rings is 1. The molecule has 0 saturated carbocycles. The first-order valence-corrected chi connectivity index (χ1v) is 7.58. The number of methoxy groups -OCH3 is 1. The fourth-order valence-corrected chi connectivity index (χ4v) is 2.15. The van der Waals surface area contributed by atoms with Crippen molar-refractivity contribution in [3.05, 3.63) is 24.3 Å². The quantitative estimate of drug-likeness (QED) is 0.535. The van der Waals surface area contributed by atoms with Crippen LogP contribution in [0, 0.1) is 11.3 Å². The Bertz CT molecular complexity index is 539. The van der Waals surface area contributed by atoms with Crippen LogP contribution >= 0.6 is 11.8 Å². The minimum absolute atomic E-state index is 0.127. The first-order valence-electron chi connectivity index (χ1n) is 6.60. The third-order valence-corrected chi connectivity index (χ3v) is 3.74. The van der Waals surface area contributed by atoms with E-state index in [4.69, 9.17) is 14.7 Å². The van der Waals surface area contributed by atoms with Crippen molar-refractivity contribution in [2.24, 2.45) is 0 Å². The summed E-state index contributed by atoms with van der Waals surface area (Å²) in [5.74, 6) is 0.0976. The lowest BCUT2D eigenvalue weighted by molar-refractivity contribution is -0.149. The molecule has 0 fully saturated rings. The van der Waals surface area contributed by atoms with Gasteiger partial charge in [0.05, 0.1) is 25.4 Å². The van der Waals surface area contributed by atoms with E-state index in [2.05, 4.69) is 0 Å². The normalized spacial score (nSPS) is 9.68. The first kappa shape index (κ1) is 17.9. The number of rotatable bonds is 8. The number of amides is 1. The van der Waals surface area contributed by atoms with E-state index in [1.165, 1.54) is 16.7 Å². The smallest absolute Gasteiger partial charge is 0.316 e. The molecule has 7 heteroatoms. The zero-order valence-corrected chi connectivity index (χ0v) is 13.4. The Morgan fingerprint density at radius 2 is 2.00 bits per heavy atom. The molecule has 6 nitrogen and oxygen atoms in total. The van der Waals surface area contributed by atoms with Gasteiger partial charge in [-0.3, -0.25) is 9.59 Å². The van der Waals surface area contributed by atoms with Crippen LogP contribution in [-0.2, 0) is 14.3 Å². The van der Waals surface area contributed by atoms with Crippen LogP contribution in [0.3, 0.4) is 0 Å². The number of ether oxygens (including phenoxy) is 2. The highest BCUT2D eigenvalue weighted by Gasteiger charge is 2.12.